The number of nitrogens with one attached hydrogen (secondary N) is 2. The maximum Gasteiger partial charge on any atom is 0.191 e. The number of hydrogen-bond donors (Lipinski definition) is 2. The number of halogens is 1. The van der Waals surface area contributed by atoms with E-state index in [-0.39, 0.29) is 29.4 Å². The van der Waals surface area contributed by atoms with E-state index < -0.39 is 0 Å². The zero-order valence-electron chi connectivity index (χ0n) is 17.1. The number of thiazole rings is 1. The number of guanidine groups is 1. The number of ether oxygens (including phenoxy) is 1. The van der Waals surface area contributed by atoms with Gasteiger partial charge in [0, 0.05) is 42.9 Å². The summed E-state index contributed by atoms with van der Waals surface area (Å²) in [4.78, 5) is 9.02. The average Bonchev–Trinajstić information content (AvgIpc) is 3.13. The summed E-state index contributed by atoms with van der Waals surface area (Å²) >= 11 is 1.72. The summed E-state index contributed by atoms with van der Waals surface area (Å²) in [7, 11) is 1.77. The number of rotatable bonds is 8. The number of nitrogens with zero attached hydrogens (tertiary/aromatic N) is 2. The van der Waals surface area contributed by atoms with Crippen molar-refractivity contribution in [1.29, 1.82) is 0 Å². The highest BCUT2D eigenvalue weighted by molar-refractivity contribution is 14.0. The van der Waals surface area contributed by atoms with Gasteiger partial charge in [-0.15, -0.1) is 35.3 Å². The van der Waals surface area contributed by atoms with Crippen LogP contribution >= 0.6 is 35.3 Å². The second-order valence-electron chi connectivity index (χ2n) is 7.19. The number of para-hydroxylation sites is 1. The van der Waals surface area contributed by atoms with E-state index in [9.17, 15) is 0 Å². The van der Waals surface area contributed by atoms with Crippen LogP contribution in [0, 0.1) is 0 Å². The van der Waals surface area contributed by atoms with Crippen molar-refractivity contribution in [3.05, 3.63) is 58.6 Å². The Kier molecular flexibility index (Phi) is 10.5. The summed E-state index contributed by atoms with van der Waals surface area (Å²) in [5.41, 5.74) is 2.33. The molecule has 2 aromatic rings. The molecule has 1 heterocycles. The summed E-state index contributed by atoms with van der Waals surface area (Å²) in [6, 6.07) is 7.98. The molecular weight excluding hydrogens is 483 g/mol. The monoisotopic (exact) mass is 514 g/mol. The van der Waals surface area contributed by atoms with E-state index in [4.69, 9.17) is 9.72 Å². The third kappa shape index (κ3) is 7.79. The van der Waals surface area contributed by atoms with Crippen LogP contribution in [0.15, 0.2) is 47.3 Å². The Bertz CT molecular complexity index is 768. The molecule has 0 atom stereocenters. The Morgan fingerprint density at radius 3 is 2.68 bits per heavy atom. The van der Waals surface area contributed by atoms with Gasteiger partial charge in [0.05, 0.1) is 10.7 Å². The van der Waals surface area contributed by atoms with Crippen LogP contribution in [0.2, 0.25) is 0 Å². The van der Waals surface area contributed by atoms with Crippen molar-refractivity contribution in [1.82, 2.24) is 15.6 Å². The predicted octanol–water partition coefficient (Wildman–Crippen LogP) is 4.53. The number of benzene rings is 1. The lowest BCUT2D eigenvalue weighted by Gasteiger charge is -2.15. The molecule has 154 valence electrons. The van der Waals surface area contributed by atoms with E-state index in [0.29, 0.717) is 13.2 Å². The summed E-state index contributed by atoms with van der Waals surface area (Å²) in [6.07, 6.45) is 2.62. The zero-order valence-corrected chi connectivity index (χ0v) is 20.3. The van der Waals surface area contributed by atoms with E-state index in [1.54, 1.807) is 24.5 Å². The third-order valence-corrected chi connectivity index (χ3v) is 4.86. The zero-order chi connectivity index (χ0) is 19.7. The van der Waals surface area contributed by atoms with Crippen LogP contribution in [0.25, 0.3) is 0 Å². The number of aromatic nitrogens is 1. The van der Waals surface area contributed by atoms with Gasteiger partial charge >= 0.3 is 0 Å². The second-order valence-corrected chi connectivity index (χ2v) is 8.13. The summed E-state index contributed by atoms with van der Waals surface area (Å²) < 4.78 is 5.70. The molecule has 0 amide bonds. The number of aliphatic imine (C=N–C) groups is 1. The first-order valence-corrected chi connectivity index (χ1v) is 10.0. The molecule has 0 unspecified atom stereocenters. The predicted molar refractivity (Wildman–Crippen MR) is 130 cm³/mol. The Morgan fingerprint density at radius 2 is 2.04 bits per heavy atom. The molecule has 7 heteroatoms. The Morgan fingerprint density at radius 1 is 1.29 bits per heavy atom. The Hall–Kier alpha value is -1.61. The maximum absolute atomic E-state index is 5.70. The van der Waals surface area contributed by atoms with E-state index in [0.717, 1.165) is 40.9 Å². The molecule has 28 heavy (non-hydrogen) atoms. The van der Waals surface area contributed by atoms with Crippen LogP contribution in [0.5, 0.6) is 5.75 Å². The van der Waals surface area contributed by atoms with Gasteiger partial charge in [0.1, 0.15) is 12.4 Å². The molecule has 0 fully saturated rings. The van der Waals surface area contributed by atoms with Crippen LogP contribution in [0.1, 0.15) is 37.0 Å². The molecule has 2 N–H and O–H groups in total. The highest BCUT2D eigenvalue weighted by Crippen LogP contribution is 2.23. The van der Waals surface area contributed by atoms with Crippen molar-refractivity contribution in [3.63, 3.8) is 0 Å². The van der Waals surface area contributed by atoms with Crippen molar-refractivity contribution >= 4 is 41.3 Å². The van der Waals surface area contributed by atoms with E-state index in [2.05, 4.69) is 48.4 Å². The molecule has 0 bridgehead atoms. The average molecular weight is 514 g/mol. The van der Waals surface area contributed by atoms with Crippen molar-refractivity contribution in [3.8, 4) is 5.75 Å². The van der Waals surface area contributed by atoms with Gasteiger partial charge in [0.25, 0.3) is 0 Å². The largest absolute Gasteiger partial charge is 0.489 e. The van der Waals surface area contributed by atoms with Crippen LogP contribution in [0.3, 0.4) is 0 Å². The molecule has 5 nitrogen and oxygen atoms in total. The molecular formula is C21H31IN4OS. The molecule has 0 aliphatic heterocycles. The minimum Gasteiger partial charge on any atom is -0.489 e. The van der Waals surface area contributed by atoms with Gasteiger partial charge in [-0.05, 0) is 6.07 Å². The number of hydrogen-bond acceptors (Lipinski definition) is 4. The van der Waals surface area contributed by atoms with Gasteiger partial charge in [-0.25, -0.2) is 4.98 Å². The van der Waals surface area contributed by atoms with Gasteiger partial charge < -0.3 is 15.4 Å². The molecule has 2 rings (SSSR count). The Balaban J connectivity index is 0.00000392. The molecule has 0 saturated heterocycles. The summed E-state index contributed by atoms with van der Waals surface area (Å²) in [5, 5.41) is 9.98. The standard InChI is InChI=1S/C21H30N4OS.HI/c1-6-13-26-17-10-8-7-9-16(17)14-24-20(22-5)23-12-11-19-25-18(15-27-19)21(2,3)4;/h6-10,15H,1,11-14H2,2-5H3,(H2,22,23,24);1H. The molecule has 0 aliphatic rings. The van der Waals surface area contributed by atoms with E-state index in [1.165, 1.54) is 0 Å². The van der Waals surface area contributed by atoms with Crippen LogP contribution in [-0.4, -0.2) is 31.1 Å². The minimum atomic E-state index is 0. The van der Waals surface area contributed by atoms with Crippen LogP contribution in [0.4, 0.5) is 0 Å². The molecule has 0 saturated carbocycles. The highest BCUT2D eigenvalue weighted by Gasteiger charge is 2.17. The molecule has 0 spiro atoms. The minimum absolute atomic E-state index is 0. The molecule has 0 aliphatic carbocycles. The van der Waals surface area contributed by atoms with Crippen molar-refractivity contribution in [2.45, 2.75) is 39.2 Å². The first-order valence-electron chi connectivity index (χ1n) is 9.15. The van der Waals surface area contributed by atoms with Crippen molar-refractivity contribution in [2.24, 2.45) is 4.99 Å². The fourth-order valence-electron chi connectivity index (χ4n) is 2.40. The summed E-state index contributed by atoms with van der Waals surface area (Å²) in [5.74, 6) is 1.62. The van der Waals surface area contributed by atoms with Crippen LogP contribution in [-0.2, 0) is 18.4 Å². The van der Waals surface area contributed by atoms with Gasteiger partial charge in [0.15, 0.2) is 5.96 Å². The topological polar surface area (TPSA) is 58.5 Å². The maximum atomic E-state index is 5.70. The Labute approximate surface area is 189 Å². The lowest BCUT2D eigenvalue weighted by molar-refractivity contribution is 0.358. The van der Waals surface area contributed by atoms with Crippen molar-refractivity contribution < 1.29 is 4.74 Å². The van der Waals surface area contributed by atoms with Gasteiger partial charge in [0.2, 0.25) is 0 Å². The lowest BCUT2D eigenvalue weighted by Crippen LogP contribution is -2.37. The SMILES string of the molecule is C=CCOc1ccccc1CNC(=NC)NCCc1nc(C(C)(C)C)cs1.I. The normalized spacial score (nSPS) is 11.5. The molecule has 0 radical (unpaired) electrons. The van der Waals surface area contributed by atoms with E-state index >= 15 is 0 Å². The summed E-state index contributed by atoms with van der Waals surface area (Å²) in [6.45, 7) is 12.2. The van der Waals surface area contributed by atoms with E-state index in [1.807, 2.05) is 24.3 Å². The molecule has 1 aromatic carbocycles. The van der Waals surface area contributed by atoms with Crippen LogP contribution < -0.4 is 15.4 Å². The van der Waals surface area contributed by atoms with Gasteiger partial charge in [-0.2, -0.15) is 0 Å². The fourth-order valence-corrected chi connectivity index (χ4v) is 3.42. The van der Waals surface area contributed by atoms with Crippen molar-refractivity contribution in [2.75, 3.05) is 20.2 Å². The van der Waals surface area contributed by atoms with Gasteiger partial charge in [-0.1, -0.05) is 51.6 Å². The smallest absolute Gasteiger partial charge is 0.191 e. The first kappa shape index (κ1) is 24.4. The quantitative estimate of drug-likeness (QED) is 0.235. The first-order chi connectivity index (χ1) is 12.9. The van der Waals surface area contributed by atoms with Gasteiger partial charge in [-0.3, -0.25) is 4.99 Å². The second kappa shape index (κ2) is 12.1. The third-order valence-electron chi connectivity index (χ3n) is 3.95. The lowest BCUT2D eigenvalue weighted by atomic mass is 9.93. The fraction of sp³-hybridized carbons (Fsp3) is 0.429. The highest BCUT2D eigenvalue weighted by atomic mass is 127. The molecule has 1 aromatic heterocycles.